The first kappa shape index (κ1) is 15.8. The van der Waals surface area contributed by atoms with E-state index in [0.29, 0.717) is 6.04 Å². The zero-order valence-electron chi connectivity index (χ0n) is 11.9. The molecule has 0 heterocycles. The molecule has 1 aliphatic carbocycles. The number of nitrogen functional groups attached to an aromatic ring is 1. The molecule has 0 aromatic heterocycles. The third kappa shape index (κ3) is 4.44. The Balaban J connectivity index is 0.000000160. The summed E-state index contributed by atoms with van der Waals surface area (Å²) in [5.74, 6) is -1.70. The highest BCUT2D eigenvalue weighted by molar-refractivity contribution is 5.98. The summed E-state index contributed by atoms with van der Waals surface area (Å²) in [7, 11) is 0. The molecule has 0 aliphatic heterocycles. The van der Waals surface area contributed by atoms with Crippen LogP contribution in [-0.4, -0.2) is 11.9 Å². The summed E-state index contributed by atoms with van der Waals surface area (Å²) in [6, 6.07) is 11.1. The van der Waals surface area contributed by atoms with Crippen LogP contribution in [0.5, 0.6) is 0 Å². The van der Waals surface area contributed by atoms with Crippen LogP contribution in [0.3, 0.4) is 0 Å². The molecule has 6 heteroatoms. The van der Waals surface area contributed by atoms with Gasteiger partial charge in [-0.1, -0.05) is 6.07 Å². The van der Waals surface area contributed by atoms with Crippen LogP contribution in [0, 0.1) is 11.6 Å². The molecule has 1 amide bonds. The highest BCUT2D eigenvalue weighted by Gasteiger charge is 2.20. The van der Waals surface area contributed by atoms with Gasteiger partial charge in [0.15, 0.2) is 0 Å². The van der Waals surface area contributed by atoms with Crippen LogP contribution in [0.25, 0.3) is 0 Å². The van der Waals surface area contributed by atoms with Crippen LogP contribution >= 0.6 is 0 Å². The molecular formula is C16H17F2N3O. The van der Waals surface area contributed by atoms with E-state index in [1.807, 2.05) is 0 Å². The lowest BCUT2D eigenvalue weighted by Crippen LogP contribution is -2.15. The Morgan fingerprint density at radius 3 is 2.18 bits per heavy atom. The molecule has 5 N–H and O–H groups in total. The van der Waals surface area contributed by atoms with Gasteiger partial charge in [0.25, 0.3) is 5.91 Å². The number of rotatable bonds is 3. The van der Waals surface area contributed by atoms with Gasteiger partial charge in [0.2, 0.25) is 0 Å². The quantitative estimate of drug-likeness (QED) is 0.763. The Kier molecular flexibility index (Phi) is 4.93. The molecule has 0 spiro atoms. The monoisotopic (exact) mass is 305 g/mol. The summed E-state index contributed by atoms with van der Waals surface area (Å²) in [6.07, 6.45) is 2.49. The molecule has 22 heavy (non-hydrogen) atoms. The molecule has 116 valence electrons. The third-order valence-corrected chi connectivity index (χ3v) is 3.08. The minimum absolute atomic E-state index is 0.0671. The molecular weight excluding hydrogens is 288 g/mol. The van der Waals surface area contributed by atoms with Crippen molar-refractivity contribution >= 4 is 17.3 Å². The van der Waals surface area contributed by atoms with Crippen molar-refractivity contribution in [3.05, 3.63) is 59.7 Å². The lowest BCUT2D eigenvalue weighted by Gasteiger charge is -2.02. The molecule has 2 aromatic carbocycles. The highest BCUT2D eigenvalue weighted by Crippen LogP contribution is 2.24. The predicted octanol–water partition coefficient (Wildman–Crippen LogP) is 2.91. The summed E-state index contributed by atoms with van der Waals surface area (Å²) in [5, 5.41) is 3.28. The van der Waals surface area contributed by atoms with Gasteiger partial charge in [0, 0.05) is 17.4 Å². The molecule has 0 saturated heterocycles. The van der Waals surface area contributed by atoms with Gasteiger partial charge in [0.05, 0.1) is 5.56 Å². The Bertz CT molecular complexity index is 635. The summed E-state index contributed by atoms with van der Waals surface area (Å²) < 4.78 is 25.1. The zero-order chi connectivity index (χ0) is 16.1. The van der Waals surface area contributed by atoms with Crippen LogP contribution in [0.4, 0.5) is 20.2 Å². The minimum atomic E-state index is -0.847. The van der Waals surface area contributed by atoms with Gasteiger partial charge in [0.1, 0.15) is 11.6 Å². The predicted molar refractivity (Wildman–Crippen MR) is 82.4 cm³/mol. The summed E-state index contributed by atoms with van der Waals surface area (Å²) in [5.41, 5.74) is 11.0. The number of halogens is 2. The van der Waals surface area contributed by atoms with Gasteiger partial charge >= 0.3 is 0 Å². The van der Waals surface area contributed by atoms with Crippen molar-refractivity contribution in [3.8, 4) is 0 Å². The van der Waals surface area contributed by atoms with E-state index in [9.17, 15) is 13.6 Å². The topological polar surface area (TPSA) is 81.1 Å². The number of carbonyl (C=O) groups is 1. The van der Waals surface area contributed by atoms with E-state index in [1.165, 1.54) is 37.1 Å². The SMILES string of the molecule is Fc1ccc(NC2CC2)cc1.NC(=O)c1c(N)cccc1F. The van der Waals surface area contributed by atoms with Crippen molar-refractivity contribution in [2.75, 3.05) is 11.1 Å². The van der Waals surface area contributed by atoms with Gasteiger partial charge < -0.3 is 16.8 Å². The van der Waals surface area contributed by atoms with E-state index < -0.39 is 11.7 Å². The molecule has 1 saturated carbocycles. The van der Waals surface area contributed by atoms with E-state index in [4.69, 9.17) is 11.5 Å². The maximum Gasteiger partial charge on any atom is 0.253 e. The van der Waals surface area contributed by atoms with Gasteiger partial charge in [-0.3, -0.25) is 4.79 Å². The summed E-state index contributed by atoms with van der Waals surface area (Å²) >= 11 is 0. The van der Waals surface area contributed by atoms with Crippen LogP contribution in [0.1, 0.15) is 23.2 Å². The number of carbonyl (C=O) groups excluding carboxylic acids is 1. The number of hydrogen-bond donors (Lipinski definition) is 3. The van der Waals surface area contributed by atoms with Crippen LogP contribution in [0.15, 0.2) is 42.5 Å². The Hall–Kier alpha value is -2.63. The molecule has 0 radical (unpaired) electrons. The number of benzene rings is 2. The fourth-order valence-corrected chi connectivity index (χ4v) is 1.81. The number of amides is 1. The molecule has 1 fully saturated rings. The first-order valence-electron chi connectivity index (χ1n) is 6.83. The molecule has 3 rings (SSSR count). The molecule has 4 nitrogen and oxygen atoms in total. The Labute approximate surface area is 127 Å². The second kappa shape index (κ2) is 6.89. The van der Waals surface area contributed by atoms with Crippen LogP contribution in [-0.2, 0) is 0 Å². The van der Waals surface area contributed by atoms with E-state index in [0.717, 1.165) is 11.8 Å². The second-order valence-corrected chi connectivity index (χ2v) is 4.99. The van der Waals surface area contributed by atoms with E-state index in [-0.39, 0.29) is 17.1 Å². The number of primary amides is 1. The van der Waals surface area contributed by atoms with E-state index >= 15 is 0 Å². The summed E-state index contributed by atoms with van der Waals surface area (Å²) in [4.78, 5) is 10.5. The molecule has 2 aromatic rings. The first-order valence-corrected chi connectivity index (χ1v) is 6.83. The maximum atomic E-state index is 12.7. The normalized spacial score (nSPS) is 13.0. The maximum absolute atomic E-state index is 12.7. The van der Waals surface area contributed by atoms with Crippen molar-refractivity contribution < 1.29 is 13.6 Å². The van der Waals surface area contributed by atoms with Crippen molar-refractivity contribution in [1.82, 2.24) is 0 Å². The van der Waals surface area contributed by atoms with Crippen molar-refractivity contribution in [3.63, 3.8) is 0 Å². The van der Waals surface area contributed by atoms with Gasteiger partial charge in [-0.15, -0.1) is 0 Å². The van der Waals surface area contributed by atoms with Crippen molar-refractivity contribution in [2.24, 2.45) is 5.73 Å². The van der Waals surface area contributed by atoms with Gasteiger partial charge in [-0.05, 0) is 49.2 Å². The lowest BCUT2D eigenvalue weighted by molar-refractivity contribution is 0.0997. The Morgan fingerprint density at radius 2 is 1.73 bits per heavy atom. The standard InChI is InChI=1S/C9H10FN.C7H7FN2O/c10-7-1-3-8(4-2-7)11-9-5-6-9;8-4-2-1-3-5(9)6(4)7(10)11/h1-4,9,11H,5-6H2;1-3H,9H2,(H2,10,11). The van der Waals surface area contributed by atoms with Crippen LogP contribution < -0.4 is 16.8 Å². The number of nitrogens with one attached hydrogen (secondary N) is 1. The van der Waals surface area contributed by atoms with Gasteiger partial charge in [-0.25, -0.2) is 8.78 Å². The first-order chi connectivity index (χ1) is 10.5. The largest absolute Gasteiger partial charge is 0.398 e. The van der Waals surface area contributed by atoms with Crippen molar-refractivity contribution in [2.45, 2.75) is 18.9 Å². The molecule has 0 atom stereocenters. The van der Waals surface area contributed by atoms with Crippen molar-refractivity contribution in [1.29, 1.82) is 0 Å². The molecule has 1 aliphatic rings. The summed E-state index contributed by atoms with van der Waals surface area (Å²) in [6.45, 7) is 0. The molecule has 0 bridgehead atoms. The Morgan fingerprint density at radius 1 is 1.09 bits per heavy atom. The van der Waals surface area contributed by atoms with Crippen LogP contribution in [0.2, 0.25) is 0 Å². The number of hydrogen-bond acceptors (Lipinski definition) is 3. The third-order valence-electron chi connectivity index (χ3n) is 3.08. The highest BCUT2D eigenvalue weighted by atomic mass is 19.1. The van der Waals surface area contributed by atoms with E-state index in [1.54, 1.807) is 12.1 Å². The number of anilines is 2. The smallest absolute Gasteiger partial charge is 0.253 e. The number of nitrogens with two attached hydrogens (primary N) is 2. The van der Waals surface area contributed by atoms with Gasteiger partial charge in [-0.2, -0.15) is 0 Å². The average Bonchev–Trinajstić information content (AvgIpc) is 3.26. The fourth-order valence-electron chi connectivity index (χ4n) is 1.81. The zero-order valence-corrected chi connectivity index (χ0v) is 11.9. The lowest BCUT2D eigenvalue weighted by atomic mass is 10.1. The minimum Gasteiger partial charge on any atom is -0.398 e. The fraction of sp³-hybridized carbons (Fsp3) is 0.188. The average molecular weight is 305 g/mol. The molecule has 0 unspecified atom stereocenters. The van der Waals surface area contributed by atoms with E-state index in [2.05, 4.69) is 5.32 Å². The second-order valence-electron chi connectivity index (χ2n) is 4.99.